The van der Waals surface area contributed by atoms with Gasteiger partial charge in [-0.15, -0.1) is 0 Å². The predicted octanol–water partition coefficient (Wildman–Crippen LogP) is 3.69. The number of benzene rings is 2. The minimum absolute atomic E-state index is 0.143. The van der Waals surface area contributed by atoms with E-state index in [9.17, 15) is 9.59 Å². The van der Waals surface area contributed by atoms with Gasteiger partial charge in [-0.3, -0.25) is 4.79 Å². The average Bonchev–Trinajstić information content (AvgIpc) is 3.17. The molecular formula is C19H16N2O4. The first kappa shape index (κ1) is 16.4. The molecule has 6 heteroatoms. The summed E-state index contributed by atoms with van der Waals surface area (Å²) in [4.78, 5) is 23.6. The normalized spacial score (nSPS) is 10.3. The van der Waals surface area contributed by atoms with Crippen molar-refractivity contribution in [2.24, 2.45) is 0 Å². The molecular weight excluding hydrogens is 320 g/mol. The molecule has 0 aliphatic carbocycles. The molecule has 126 valence electrons. The second-order valence-electron chi connectivity index (χ2n) is 5.43. The number of ether oxygens (including phenoxy) is 1. The number of hydrogen-bond acceptors (Lipinski definition) is 5. The highest BCUT2D eigenvalue weighted by atomic mass is 16.5. The molecule has 0 radical (unpaired) electrons. The summed E-state index contributed by atoms with van der Waals surface area (Å²) in [6.07, 6.45) is 1.42. The van der Waals surface area contributed by atoms with E-state index in [1.807, 2.05) is 37.3 Å². The van der Waals surface area contributed by atoms with Gasteiger partial charge < -0.3 is 14.6 Å². The SMILES string of the molecule is COC(=O)c1ccc(-c2cc(NC(=O)c3ccno3)ccc2C)cc1. The van der Waals surface area contributed by atoms with Gasteiger partial charge in [0.25, 0.3) is 5.91 Å². The molecule has 0 unspecified atom stereocenters. The molecule has 1 N–H and O–H groups in total. The number of amides is 1. The molecule has 0 bridgehead atoms. The number of esters is 1. The highest BCUT2D eigenvalue weighted by molar-refractivity contribution is 6.02. The van der Waals surface area contributed by atoms with E-state index >= 15 is 0 Å². The van der Waals surface area contributed by atoms with Gasteiger partial charge in [0, 0.05) is 11.8 Å². The highest BCUT2D eigenvalue weighted by Gasteiger charge is 2.12. The topological polar surface area (TPSA) is 81.4 Å². The number of nitrogens with zero attached hydrogens (tertiary/aromatic N) is 1. The fourth-order valence-corrected chi connectivity index (χ4v) is 2.44. The van der Waals surface area contributed by atoms with Crippen molar-refractivity contribution in [3.05, 3.63) is 71.6 Å². The quantitative estimate of drug-likeness (QED) is 0.735. The Balaban J connectivity index is 1.86. The molecule has 0 aliphatic rings. The van der Waals surface area contributed by atoms with E-state index in [1.54, 1.807) is 12.1 Å². The zero-order chi connectivity index (χ0) is 17.8. The van der Waals surface area contributed by atoms with Crippen molar-refractivity contribution in [3.8, 4) is 11.1 Å². The average molecular weight is 336 g/mol. The fraction of sp³-hybridized carbons (Fsp3) is 0.105. The zero-order valence-corrected chi connectivity index (χ0v) is 13.8. The highest BCUT2D eigenvalue weighted by Crippen LogP contribution is 2.27. The maximum absolute atomic E-state index is 12.1. The number of aromatic nitrogens is 1. The van der Waals surface area contributed by atoms with Crippen molar-refractivity contribution in [2.75, 3.05) is 12.4 Å². The van der Waals surface area contributed by atoms with Crippen molar-refractivity contribution < 1.29 is 18.8 Å². The van der Waals surface area contributed by atoms with Gasteiger partial charge in [-0.05, 0) is 47.9 Å². The molecule has 0 saturated carbocycles. The van der Waals surface area contributed by atoms with E-state index in [4.69, 9.17) is 9.26 Å². The Morgan fingerprint density at radius 2 is 1.84 bits per heavy atom. The molecule has 1 aromatic heterocycles. The van der Waals surface area contributed by atoms with Crippen LogP contribution in [0.2, 0.25) is 0 Å². The lowest BCUT2D eigenvalue weighted by Crippen LogP contribution is -2.11. The second kappa shape index (κ2) is 7.00. The van der Waals surface area contributed by atoms with Crippen LogP contribution >= 0.6 is 0 Å². The molecule has 3 rings (SSSR count). The van der Waals surface area contributed by atoms with E-state index in [-0.39, 0.29) is 17.6 Å². The molecule has 25 heavy (non-hydrogen) atoms. The summed E-state index contributed by atoms with van der Waals surface area (Å²) in [6.45, 7) is 1.98. The van der Waals surface area contributed by atoms with E-state index in [2.05, 4.69) is 10.5 Å². The third kappa shape index (κ3) is 3.58. The number of nitrogens with one attached hydrogen (secondary N) is 1. The molecule has 0 saturated heterocycles. The Morgan fingerprint density at radius 1 is 1.08 bits per heavy atom. The van der Waals surface area contributed by atoms with Crippen LogP contribution in [0.1, 0.15) is 26.5 Å². The molecule has 1 amide bonds. The van der Waals surface area contributed by atoms with Crippen LogP contribution in [0.25, 0.3) is 11.1 Å². The summed E-state index contributed by atoms with van der Waals surface area (Å²) in [5.74, 6) is -0.603. The van der Waals surface area contributed by atoms with Crippen LogP contribution in [0, 0.1) is 6.92 Å². The molecule has 0 atom stereocenters. The van der Waals surface area contributed by atoms with E-state index in [0.29, 0.717) is 11.3 Å². The van der Waals surface area contributed by atoms with Crippen LogP contribution in [0.5, 0.6) is 0 Å². The third-order valence-electron chi connectivity index (χ3n) is 3.77. The summed E-state index contributed by atoms with van der Waals surface area (Å²) >= 11 is 0. The van der Waals surface area contributed by atoms with Crippen LogP contribution in [0.3, 0.4) is 0 Å². The maximum atomic E-state index is 12.1. The van der Waals surface area contributed by atoms with Gasteiger partial charge in [0.15, 0.2) is 0 Å². The monoisotopic (exact) mass is 336 g/mol. The summed E-state index contributed by atoms with van der Waals surface area (Å²) in [5, 5.41) is 6.29. The fourth-order valence-electron chi connectivity index (χ4n) is 2.44. The number of carbonyl (C=O) groups is 2. The number of hydrogen-bond donors (Lipinski definition) is 1. The molecule has 0 aliphatic heterocycles. The Kier molecular flexibility index (Phi) is 4.61. The number of rotatable bonds is 4. The van der Waals surface area contributed by atoms with Crippen molar-refractivity contribution >= 4 is 17.6 Å². The Hall–Kier alpha value is -3.41. The smallest absolute Gasteiger partial charge is 0.337 e. The number of anilines is 1. The van der Waals surface area contributed by atoms with Gasteiger partial charge >= 0.3 is 5.97 Å². The van der Waals surface area contributed by atoms with Crippen molar-refractivity contribution in [2.45, 2.75) is 6.92 Å². The van der Waals surface area contributed by atoms with Gasteiger partial charge in [-0.2, -0.15) is 0 Å². The van der Waals surface area contributed by atoms with E-state index < -0.39 is 0 Å². The summed E-state index contributed by atoms with van der Waals surface area (Å²) < 4.78 is 9.55. The van der Waals surface area contributed by atoms with Crippen molar-refractivity contribution in [1.29, 1.82) is 0 Å². The van der Waals surface area contributed by atoms with E-state index in [1.165, 1.54) is 19.4 Å². The minimum atomic E-state index is -0.378. The predicted molar refractivity (Wildman–Crippen MR) is 92.4 cm³/mol. The molecule has 3 aromatic rings. The van der Waals surface area contributed by atoms with Crippen LogP contribution in [-0.4, -0.2) is 24.1 Å². The number of methoxy groups -OCH3 is 1. The van der Waals surface area contributed by atoms with Crippen LogP contribution in [-0.2, 0) is 4.74 Å². The Bertz CT molecular complexity index is 900. The molecule has 0 fully saturated rings. The second-order valence-corrected chi connectivity index (χ2v) is 5.43. The lowest BCUT2D eigenvalue weighted by Gasteiger charge is -2.10. The van der Waals surface area contributed by atoms with Gasteiger partial charge in [-0.1, -0.05) is 23.4 Å². The van der Waals surface area contributed by atoms with Crippen molar-refractivity contribution in [3.63, 3.8) is 0 Å². The first-order valence-electron chi connectivity index (χ1n) is 7.60. The molecule has 1 heterocycles. The molecule has 6 nitrogen and oxygen atoms in total. The lowest BCUT2D eigenvalue weighted by atomic mass is 9.99. The number of aryl methyl sites for hydroxylation is 1. The Labute approximate surface area is 144 Å². The molecule has 2 aromatic carbocycles. The summed E-state index contributed by atoms with van der Waals surface area (Å²) in [5.41, 5.74) is 4.05. The zero-order valence-electron chi connectivity index (χ0n) is 13.8. The summed E-state index contributed by atoms with van der Waals surface area (Å²) in [6, 6.07) is 14.2. The van der Waals surface area contributed by atoms with Gasteiger partial charge in [-0.25, -0.2) is 4.79 Å². The van der Waals surface area contributed by atoms with E-state index in [0.717, 1.165) is 16.7 Å². The van der Waals surface area contributed by atoms with Crippen LogP contribution in [0.4, 0.5) is 5.69 Å². The minimum Gasteiger partial charge on any atom is -0.465 e. The van der Waals surface area contributed by atoms with Crippen LogP contribution < -0.4 is 5.32 Å². The van der Waals surface area contributed by atoms with Crippen molar-refractivity contribution in [1.82, 2.24) is 5.16 Å². The molecule has 0 spiro atoms. The maximum Gasteiger partial charge on any atom is 0.337 e. The lowest BCUT2D eigenvalue weighted by molar-refractivity contribution is 0.0600. The summed E-state index contributed by atoms with van der Waals surface area (Å²) in [7, 11) is 1.35. The van der Waals surface area contributed by atoms with Gasteiger partial charge in [0.2, 0.25) is 5.76 Å². The first-order valence-corrected chi connectivity index (χ1v) is 7.60. The largest absolute Gasteiger partial charge is 0.465 e. The Morgan fingerprint density at radius 3 is 2.48 bits per heavy atom. The number of carbonyl (C=O) groups excluding carboxylic acids is 2. The van der Waals surface area contributed by atoms with Crippen LogP contribution in [0.15, 0.2) is 59.3 Å². The third-order valence-corrected chi connectivity index (χ3v) is 3.77. The van der Waals surface area contributed by atoms with Gasteiger partial charge in [0.1, 0.15) is 0 Å². The van der Waals surface area contributed by atoms with Gasteiger partial charge in [0.05, 0.1) is 18.9 Å². The first-order chi connectivity index (χ1) is 12.1. The standard InChI is InChI=1S/C19H16N2O4/c1-12-3-8-15(21-18(22)17-9-10-20-25-17)11-16(12)13-4-6-14(7-5-13)19(23)24-2/h3-11H,1-2H3,(H,21,22).